The molecule has 0 aromatic carbocycles. The molecule has 0 bridgehead atoms. The summed E-state index contributed by atoms with van der Waals surface area (Å²) in [6.07, 6.45) is 1.68. The minimum Gasteiger partial charge on any atom is -0.391 e. The predicted octanol–water partition coefficient (Wildman–Crippen LogP) is 1.61. The molecule has 2 rings (SSSR count). The van der Waals surface area contributed by atoms with E-state index in [2.05, 4.69) is 10.5 Å². The van der Waals surface area contributed by atoms with E-state index in [9.17, 15) is 9.90 Å². The van der Waals surface area contributed by atoms with E-state index in [4.69, 9.17) is 4.52 Å². The molecule has 1 saturated carbocycles. The molecule has 1 aromatic heterocycles. The summed E-state index contributed by atoms with van der Waals surface area (Å²) in [4.78, 5) is 12.1. The van der Waals surface area contributed by atoms with Crippen LogP contribution in [0.2, 0.25) is 0 Å². The predicted molar refractivity (Wildman–Crippen MR) is 66.4 cm³/mol. The van der Waals surface area contributed by atoms with Crippen molar-refractivity contribution in [1.82, 2.24) is 10.5 Å². The van der Waals surface area contributed by atoms with E-state index in [1.54, 1.807) is 6.92 Å². The Morgan fingerprint density at radius 1 is 1.56 bits per heavy atom. The number of nitrogens with zero attached hydrogens (tertiary/aromatic N) is 1. The first-order valence-corrected chi connectivity index (χ1v) is 6.43. The maximum absolute atomic E-state index is 12.1. The van der Waals surface area contributed by atoms with E-state index >= 15 is 0 Å². The molecule has 1 aliphatic rings. The molecule has 1 fully saturated rings. The molecule has 18 heavy (non-hydrogen) atoms. The maximum Gasteiger partial charge on any atom is 0.256 e. The minimum atomic E-state index is -0.434. The van der Waals surface area contributed by atoms with Gasteiger partial charge in [-0.2, -0.15) is 0 Å². The number of aryl methyl sites for hydroxylation is 1. The molecule has 1 unspecified atom stereocenters. The van der Waals surface area contributed by atoms with Gasteiger partial charge in [0.15, 0.2) is 5.76 Å². The molecular weight excluding hydrogens is 232 g/mol. The highest BCUT2D eigenvalue weighted by Crippen LogP contribution is 2.32. The number of carbonyl (C=O) groups is 1. The SMILES string of the molecule is Cc1noc(C(C)C)c1C(=O)NCC(O)C1CC1. The topological polar surface area (TPSA) is 75.4 Å². The first-order valence-electron chi connectivity index (χ1n) is 6.43. The number of rotatable bonds is 5. The van der Waals surface area contributed by atoms with Crippen molar-refractivity contribution in [2.75, 3.05) is 6.54 Å². The number of nitrogens with one attached hydrogen (secondary N) is 1. The first kappa shape index (κ1) is 13.1. The molecule has 1 aromatic rings. The van der Waals surface area contributed by atoms with Crippen molar-refractivity contribution in [3.8, 4) is 0 Å². The standard InChI is InChI=1S/C13H20N2O3/c1-7(2)12-11(8(3)15-18-12)13(17)14-6-10(16)9-4-5-9/h7,9-10,16H,4-6H2,1-3H3,(H,14,17). The van der Waals surface area contributed by atoms with Gasteiger partial charge in [-0.25, -0.2) is 0 Å². The minimum absolute atomic E-state index is 0.111. The van der Waals surface area contributed by atoms with Gasteiger partial charge in [0.25, 0.3) is 5.91 Å². The summed E-state index contributed by atoms with van der Waals surface area (Å²) in [6.45, 7) is 5.96. The summed E-state index contributed by atoms with van der Waals surface area (Å²) in [6, 6.07) is 0. The summed E-state index contributed by atoms with van der Waals surface area (Å²) in [5, 5.41) is 16.3. The first-order chi connectivity index (χ1) is 8.50. The van der Waals surface area contributed by atoms with Crippen molar-refractivity contribution in [2.45, 2.75) is 45.6 Å². The van der Waals surface area contributed by atoms with Crippen LogP contribution in [0, 0.1) is 12.8 Å². The van der Waals surface area contributed by atoms with Crippen LogP contribution in [0.3, 0.4) is 0 Å². The Morgan fingerprint density at radius 2 is 2.22 bits per heavy atom. The van der Waals surface area contributed by atoms with Gasteiger partial charge in [0.2, 0.25) is 0 Å². The van der Waals surface area contributed by atoms with Crippen LogP contribution >= 0.6 is 0 Å². The van der Waals surface area contributed by atoms with E-state index in [0.29, 0.717) is 29.5 Å². The monoisotopic (exact) mass is 252 g/mol. The number of aliphatic hydroxyl groups is 1. The van der Waals surface area contributed by atoms with Crippen molar-refractivity contribution >= 4 is 5.91 Å². The highest BCUT2D eigenvalue weighted by atomic mass is 16.5. The molecule has 0 radical (unpaired) electrons. The van der Waals surface area contributed by atoms with Crippen LogP contribution < -0.4 is 5.32 Å². The number of aliphatic hydroxyl groups excluding tert-OH is 1. The lowest BCUT2D eigenvalue weighted by atomic mass is 10.0. The molecule has 5 nitrogen and oxygen atoms in total. The Hall–Kier alpha value is -1.36. The molecule has 1 aliphatic carbocycles. The van der Waals surface area contributed by atoms with Gasteiger partial charge in [0.1, 0.15) is 5.56 Å². The quantitative estimate of drug-likeness (QED) is 0.834. The largest absolute Gasteiger partial charge is 0.391 e. The smallest absolute Gasteiger partial charge is 0.256 e. The zero-order valence-electron chi connectivity index (χ0n) is 11.1. The van der Waals surface area contributed by atoms with Crippen molar-refractivity contribution < 1.29 is 14.4 Å². The average Bonchev–Trinajstić information content (AvgIpc) is 3.08. The van der Waals surface area contributed by atoms with Gasteiger partial charge in [-0.05, 0) is 25.7 Å². The van der Waals surface area contributed by atoms with Crippen molar-refractivity contribution in [3.63, 3.8) is 0 Å². The second kappa shape index (κ2) is 5.10. The third-order valence-corrected chi connectivity index (χ3v) is 3.28. The van der Waals surface area contributed by atoms with Crippen LogP contribution in [0.25, 0.3) is 0 Å². The normalized spacial score (nSPS) is 16.9. The van der Waals surface area contributed by atoms with Gasteiger partial charge in [0.05, 0.1) is 11.8 Å². The molecule has 1 heterocycles. The van der Waals surface area contributed by atoms with Gasteiger partial charge < -0.3 is 14.9 Å². The van der Waals surface area contributed by atoms with Gasteiger partial charge in [-0.3, -0.25) is 4.79 Å². The molecular formula is C13H20N2O3. The number of aromatic nitrogens is 1. The zero-order chi connectivity index (χ0) is 13.3. The van der Waals surface area contributed by atoms with Gasteiger partial charge in [0, 0.05) is 12.5 Å². The zero-order valence-corrected chi connectivity index (χ0v) is 11.1. The second-order valence-corrected chi connectivity index (χ2v) is 5.28. The Kier molecular flexibility index (Phi) is 3.71. The van der Waals surface area contributed by atoms with Crippen LogP contribution in [0.4, 0.5) is 0 Å². The number of amides is 1. The molecule has 0 saturated heterocycles. The second-order valence-electron chi connectivity index (χ2n) is 5.28. The number of hydrogen-bond acceptors (Lipinski definition) is 4. The van der Waals surface area contributed by atoms with Crippen molar-refractivity contribution in [1.29, 1.82) is 0 Å². The van der Waals surface area contributed by atoms with E-state index < -0.39 is 6.10 Å². The highest BCUT2D eigenvalue weighted by Gasteiger charge is 2.30. The third kappa shape index (κ3) is 2.72. The van der Waals surface area contributed by atoms with Crippen LogP contribution in [0.1, 0.15) is 54.4 Å². The fourth-order valence-corrected chi connectivity index (χ4v) is 1.99. The number of carbonyl (C=O) groups excluding carboxylic acids is 1. The molecule has 2 N–H and O–H groups in total. The molecule has 1 amide bonds. The Morgan fingerprint density at radius 3 is 2.78 bits per heavy atom. The molecule has 0 spiro atoms. The van der Waals surface area contributed by atoms with E-state index in [-0.39, 0.29) is 11.8 Å². The molecule has 100 valence electrons. The van der Waals surface area contributed by atoms with Crippen LogP contribution in [0.5, 0.6) is 0 Å². The van der Waals surface area contributed by atoms with E-state index in [1.165, 1.54) is 0 Å². The maximum atomic E-state index is 12.1. The van der Waals surface area contributed by atoms with Crippen molar-refractivity contribution in [3.05, 3.63) is 17.0 Å². The Bertz CT molecular complexity index is 435. The van der Waals surface area contributed by atoms with Crippen molar-refractivity contribution in [2.24, 2.45) is 5.92 Å². The van der Waals surface area contributed by atoms with E-state index in [1.807, 2.05) is 13.8 Å². The van der Waals surface area contributed by atoms with Gasteiger partial charge in [-0.15, -0.1) is 0 Å². The third-order valence-electron chi connectivity index (χ3n) is 3.28. The summed E-state index contributed by atoms with van der Waals surface area (Å²) < 4.78 is 5.17. The van der Waals surface area contributed by atoms with E-state index in [0.717, 1.165) is 12.8 Å². The molecule has 1 atom stereocenters. The molecule has 5 heteroatoms. The Balaban J connectivity index is 2.01. The lowest BCUT2D eigenvalue weighted by molar-refractivity contribution is 0.0898. The fourth-order valence-electron chi connectivity index (χ4n) is 1.99. The highest BCUT2D eigenvalue weighted by molar-refractivity contribution is 5.96. The van der Waals surface area contributed by atoms with Gasteiger partial charge >= 0.3 is 0 Å². The van der Waals surface area contributed by atoms with Crippen LogP contribution in [-0.4, -0.2) is 28.8 Å². The lowest BCUT2D eigenvalue weighted by Crippen LogP contribution is -2.33. The fraction of sp³-hybridized carbons (Fsp3) is 0.692. The molecule has 0 aliphatic heterocycles. The average molecular weight is 252 g/mol. The summed E-state index contributed by atoms with van der Waals surface area (Å²) in [5.74, 6) is 0.863. The van der Waals surface area contributed by atoms with Crippen LogP contribution in [0.15, 0.2) is 4.52 Å². The summed E-state index contributed by atoms with van der Waals surface area (Å²) >= 11 is 0. The number of hydrogen-bond donors (Lipinski definition) is 2. The summed E-state index contributed by atoms with van der Waals surface area (Å²) in [5.41, 5.74) is 1.10. The van der Waals surface area contributed by atoms with Crippen LogP contribution in [-0.2, 0) is 0 Å². The van der Waals surface area contributed by atoms with Gasteiger partial charge in [-0.1, -0.05) is 19.0 Å². The summed E-state index contributed by atoms with van der Waals surface area (Å²) in [7, 11) is 0. The Labute approximate surface area is 107 Å². The lowest BCUT2D eigenvalue weighted by Gasteiger charge is -2.11.